The maximum atomic E-state index is 10.4. The van der Waals surface area contributed by atoms with Gasteiger partial charge in [-0.1, -0.05) is 49.0 Å². The van der Waals surface area contributed by atoms with Crippen LogP contribution in [0, 0.1) is 0 Å². The summed E-state index contributed by atoms with van der Waals surface area (Å²) >= 11 is 0. The van der Waals surface area contributed by atoms with Crippen LogP contribution >= 0.6 is 0 Å². The Labute approximate surface area is 111 Å². The molecule has 96 valence electrons. The molecule has 0 heterocycles. The lowest BCUT2D eigenvalue weighted by atomic mass is 10.00. The maximum Gasteiger partial charge on any atom is 0.341 e. The van der Waals surface area contributed by atoms with Crippen LogP contribution in [0.2, 0.25) is 0 Å². The first-order valence-electron chi connectivity index (χ1n) is 5.86. The Morgan fingerprint density at radius 2 is 1.58 bits per heavy atom. The van der Waals surface area contributed by atoms with Gasteiger partial charge in [0.15, 0.2) is 6.61 Å². The van der Waals surface area contributed by atoms with Crippen molar-refractivity contribution in [3.8, 4) is 5.75 Å². The van der Waals surface area contributed by atoms with Crippen molar-refractivity contribution in [2.45, 2.75) is 0 Å². The molecule has 0 saturated heterocycles. The Hall–Kier alpha value is -2.55. The Morgan fingerprint density at radius 3 is 2.16 bits per heavy atom. The molecule has 0 aliphatic rings. The largest absolute Gasteiger partial charge is 0.482 e. The van der Waals surface area contributed by atoms with E-state index in [1.807, 2.05) is 42.5 Å². The van der Waals surface area contributed by atoms with Gasteiger partial charge < -0.3 is 9.84 Å². The molecule has 0 saturated carbocycles. The monoisotopic (exact) mass is 254 g/mol. The van der Waals surface area contributed by atoms with E-state index in [1.165, 1.54) is 0 Å². The lowest BCUT2D eigenvalue weighted by Crippen LogP contribution is -2.09. The van der Waals surface area contributed by atoms with Gasteiger partial charge in [0, 0.05) is 0 Å². The normalized spacial score (nSPS) is 9.89. The van der Waals surface area contributed by atoms with Crippen LogP contribution in [-0.4, -0.2) is 17.7 Å². The Morgan fingerprint density at radius 1 is 1.00 bits per heavy atom. The second kappa shape index (κ2) is 5.87. The molecule has 0 radical (unpaired) electrons. The molecule has 0 aliphatic heterocycles. The predicted octanol–water partition coefficient (Wildman–Crippen LogP) is 3.21. The van der Waals surface area contributed by atoms with Crippen LogP contribution in [0.25, 0.3) is 5.57 Å². The fraction of sp³-hybridized carbons (Fsp3) is 0.0625. The molecule has 2 aromatic rings. The highest BCUT2D eigenvalue weighted by Crippen LogP contribution is 2.23. The first kappa shape index (κ1) is 12.9. The quantitative estimate of drug-likeness (QED) is 0.891. The standard InChI is InChI=1S/C16H14O3/c1-12(13-5-3-2-4-6-13)14-7-9-15(10-8-14)19-11-16(17)18/h2-10H,1,11H2,(H,17,18). The van der Waals surface area contributed by atoms with Crippen molar-refractivity contribution < 1.29 is 14.6 Å². The molecule has 0 atom stereocenters. The highest BCUT2D eigenvalue weighted by atomic mass is 16.5. The van der Waals surface area contributed by atoms with E-state index in [-0.39, 0.29) is 6.61 Å². The highest BCUT2D eigenvalue weighted by Gasteiger charge is 2.03. The minimum atomic E-state index is -0.988. The van der Waals surface area contributed by atoms with Crippen molar-refractivity contribution in [3.63, 3.8) is 0 Å². The average molecular weight is 254 g/mol. The van der Waals surface area contributed by atoms with Crippen LogP contribution < -0.4 is 4.74 Å². The number of aliphatic carboxylic acids is 1. The molecule has 2 aromatic carbocycles. The molecule has 0 aliphatic carbocycles. The molecule has 0 bridgehead atoms. The van der Waals surface area contributed by atoms with Crippen molar-refractivity contribution in [2.24, 2.45) is 0 Å². The lowest BCUT2D eigenvalue weighted by Gasteiger charge is -2.08. The van der Waals surface area contributed by atoms with E-state index < -0.39 is 5.97 Å². The van der Waals surface area contributed by atoms with Gasteiger partial charge >= 0.3 is 5.97 Å². The summed E-state index contributed by atoms with van der Waals surface area (Å²) < 4.78 is 5.08. The number of ether oxygens (including phenoxy) is 1. The molecule has 0 fully saturated rings. The Bertz CT molecular complexity index is 571. The summed E-state index contributed by atoms with van der Waals surface area (Å²) in [5.41, 5.74) is 2.96. The first-order chi connectivity index (χ1) is 9.16. The third kappa shape index (κ3) is 3.45. The second-order valence-corrected chi connectivity index (χ2v) is 4.05. The van der Waals surface area contributed by atoms with Gasteiger partial charge in [-0.2, -0.15) is 0 Å². The molecule has 3 heteroatoms. The van der Waals surface area contributed by atoms with E-state index in [4.69, 9.17) is 9.84 Å². The zero-order valence-electron chi connectivity index (χ0n) is 10.4. The molecule has 0 unspecified atom stereocenters. The van der Waals surface area contributed by atoms with Gasteiger partial charge in [-0.15, -0.1) is 0 Å². The van der Waals surface area contributed by atoms with Gasteiger partial charge in [0.25, 0.3) is 0 Å². The highest BCUT2D eigenvalue weighted by molar-refractivity contribution is 5.78. The van der Waals surface area contributed by atoms with Gasteiger partial charge in [0.05, 0.1) is 0 Å². The second-order valence-electron chi connectivity index (χ2n) is 4.05. The summed E-state index contributed by atoms with van der Waals surface area (Å²) in [4.78, 5) is 10.4. The summed E-state index contributed by atoms with van der Waals surface area (Å²) in [7, 11) is 0. The van der Waals surface area contributed by atoms with Crippen LogP contribution in [0.1, 0.15) is 11.1 Å². The molecule has 3 nitrogen and oxygen atoms in total. The molecule has 0 amide bonds. The zero-order valence-corrected chi connectivity index (χ0v) is 10.4. The summed E-state index contributed by atoms with van der Waals surface area (Å²) in [6, 6.07) is 17.1. The number of hydrogen-bond donors (Lipinski definition) is 1. The minimum Gasteiger partial charge on any atom is -0.482 e. The number of carboxylic acid groups (broad SMARTS) is 1. The number of carbonyl (C=O) groups is 1. The third-order valence-electron chi connectivity index (χ3n) is 2.69. The van der Waals surface area contributed by atoms with E-state index in [1.54, 1.807) is 12.1 Å². The summed E-state index contributed by atoms with van der Waals surface area (Å²) in [6.45, 7) is 3.73. The van der Waals surface area contributed by atoms with Gasteiger partial charge in [0.2, 0.25) is 0 Å². The van der Waals surface area contributed by atoms with Crippen molar-refractivity contribution in [2.75, 3.05) is 6.61 Å². The lowest BCUT2D eigenvalue weighted by molar-refractivity contribution is -0.139. The Kier molecular flexibility index (Phi) is 3.98. The smallest absolute Gasteiger partial charge is 0.341 e. The van der Waals surface area contributed by atoms with E-state index in [0.29, 0.717) is 5.75 Å². The number of carboxylic acids is 1. The Balaban J connectivity index is 2.10. The summed E-state index contributed by atoms with van der Waals surface area (Å²) in [5, 5.41) is 8.53. The van der Waals surface area contributed by atoms with Crippen LogP contribution in [-0.2, 0) is 4.79 Å². The molecule has 1 N–H and O–H groups in total. The molecular formula is C16H14O3. The fourth-order valence-electron chi connectivity index (χ4n) is 1.70. The van der Waals surface area contributed by atoms with Gasteiger partial charge in [-0.3, -0.25) is 0 Å². The van der Waals surface area contributed by atoms with Crippen molar-refractivity contribution in [1.82, 2.24) is 0 Å². The summed E-state index contributed by atoms with van der Waals surface area (Å²) in [5.74, 6) is -0.454. The fourth-order valence-corrected chi connectivity index (χ4v) is 1.70. The van der Waals surface area contributed by atoms with Crippen LogP contribution in [0.5, 0.6) is 5.75 Å². The van der Waals surface area contributed by atoms with E-state index in [0.717, 1.165) is 16.7 Å². The van der Waals surface area contributed by atoms with Gasteiger partial charge in [-0.25, -0.2) is 4.79 Å². The molecule has 19 heavy (non-hydrogen) atoms. The van der Waals surface area contributed by atoms with Gasteiger partial charge in [-0.05, 0) is 28.8 Å². The van der Waals surface area contributed by atoms with Crippen LogP contribution in [0.4, 0.5) is 0 Å². The number of rotatable bonds is 5. The van der Waals surface area contributed by atoms with E-state index in [9.17, 15) is 4.79 Å². The number of hydrogen-bond acceptors (Lipinski definition) is 2. The van der Waals surface area contributed by atoms with E-state index in [2.05, 4.69) is 6.58 Å². The van der Waals surface area contributed by atoms with Crippen molar-refractivity contribution in [3.05, 3.63) is 72.3 Å². The first-order valence-corrected chi connectivity index (χ1v) is 5.86. The average Bonchev–Trinajstić information content (AvgIpc) is 2.46. The number of benzene rings is 2. The van der Waals surface area contributed by atoms with Gasteiger partial charge in [0.1, 0.15) is 5.75 Å². The summed E-state index contributed by atoms with van der Waals surface area (Å²) in [6.07, 6.45) is 0. The SMILES string of the molecule is C=C(c1ccccc1)c1ccc(OCC(=O)O)cc1. The predicted molar refractivity (Wildman–Crippen MR) is 74.2 cm³/mol. The van der Waals surface area contributed by atoms with E-state index >= 15 is 0 Å². The van der Waals surface area contributed by atoms with Crippen LogP contribution in [0.15, 0.2) is 61.2 Å². The zero-order chi connectivity index (χ0) is 13.7. The molecule has 0 spiro atoms. The minimum absolute atomic E-state index is 0.334. The van der Waals surface area contributed by atoms with Crippen LogP contribution in [0.3, 0.4) is 0 Å². The third-order valence-corrected chi connectivity index (χ3v) is 2.69. The maximum absolute atomic E-state index is 10.4. The molecule has 0 aromatic heterocycles. The van der Waals surface area contributed by atoms with Crippen molar-refractivity contribution >= 4 is 11.5 Å². The molecule has 2 rings (SSSR count). The molecular weight excluding hydrogens is 240 g/mol. The topological polar surface area (TPSA) is 46.5 Å². The van der Waals surface area contributed by atoms with Crippen molar-refractivity contribution in [1.29, 1.82) is 0 Å².